The summed E-state index contributed by atoms with van der Waals surface area (Å²) >= 11 is 0. The number of carbonyl (C=O) groups excluding carboxylic acids is 1. The number of nitrogens with zero attached hydrogens (tertiary/aromatic N) is 2. The van der Waals surface area contributed by atoms with E-state index in [2.05, 4.69) is 4.90 Å². The van der Waals surface area contributed by atoms with Crippen LogP contribution in [0.25, 0.3) is 0 Å². The third-order valence-corrected chi connectivity index (χ3v) is 2.47. The Hall–Kier alpha value is -0.610. The van der Waals surface area contributed by atoms with Gasteiger partial charge >= 0.3 is 0 Å². The van der Waals surface area contributed by atoms with Crippen molar-refractivity contribution >= 4 is 5.91 Å². The largest absolute Gasteiger partial charge is 0.384 e. The van der Waals surface area contributed by atoms with Crippen LogP contribution in [0.3, 0.4) is 0 Å². The summed E-state index contributed by atoms with van der Waals surface area (Å²) in [5, 5.41) is 9.15. The molecule has 0 saturated carbocycles. The van der Waals surface area contributed by atoms with Crippen LogP contribution in [0.4, 0.5) is 0 Å². The quantitative estimate of drug-likeness (QED) is 0.602. The first-order valence-electron chi connectivity index (χ1n) is 4.69. The molecule has 0 aromatic rings. The third-order valence-electron chi connectivity index (χ3n) is 2.47. The molecule has 0 bridgehead atoms. The number of hydrogen-bond donors (Lipinski definition) is 1. The molecule has 1 fully saturated rings. The Balaban J connectivity index is 2.56. The number of aliphatic hydroxyl groups excluding tert-OH is 1. The summed E-state index contributed by atoms with van der Waals surface area (Å²) in [4.78, 5) is 15.4. The molecule has 1 rings (SSSR count). The fraction of sp³-hybridized carbons (Fsp3) is 0.889. The number of amides is 1. The highest BCUT2D eigenvalue weighted by molar-refractivity contribution is 5.80. The molecule has 4 heteroatoms. The Labute approximate surface area is 79.1 Å². The standard InChI is InChI=1S/C9H18N2O2/c1-7-6-10(3)4-5-11(7)9(13)8(2)12/h7-8,12H,4-6H2,1-3H3/t7-,8-/m0/s1. The predicted molar refractivity (Wildman–Crippen MR) is 50.4 cm³/mol. The van der Waals surface area contributed by atoms with Gasteiger partial charge < -0.3 is 14.9 Å². The molecule has 76 valence electrons. The molecular weight excluding hydrogens is 168 g/mol. The molecule has 0 spiro atoms. The second-order valence-corrected chi connectivity index (χ2v) is 3.82. The van der Waals surface area contributed by atoms with Crippen molar-refractivity contribution in [3.8, 4) is 0 Å². The Kier molecular flexibility index (Phi) is 3.27. The van der Waals surface area contributed by atoms with Crippen LogP contribution < -0.4 is 0 Å². The second kappa shape index (κ2) is 4.07. The SMILES string of the molecule is C[C@H](O)C(=O)N1CCN(C)C[C@@H]1C. The van der Waals surface area contributed by atoms with Crippen LogP contribution in [-0.2, 0) is 4.79 Å². The molecule has 13 heavy (non-hydrogen) atoms. The lowest BCUT2D eigenvalue weighted by molar-refractivity contribution is -0.143. The second-order valence-electron chi connectivity index (χ2n) is 3.82. The zero-order chi connectivity index (χ0) is 10.0. The number of carbonyl (C=O) groups is 1. The minimum atomic E-state index is -0.870. The maximum absolute atomic E-state index is 11.5. The summed E-state index contributed by atoms with van der Waals surface area (Å²) < 4.78 is 0. The van der Waals surface area contributed by atoms with Crippen molar-refractivity contribution in [2.45, 2.75) is 26.0 Å². The van der Waals surface area contributed by atoms with E-state index in [-0.39, 0.29) is 11.9 Å². The number of likely N-dealkylation sites (N-methyl/N-ethyl adjacent to an activating group) is 1. The van der Waals surface area contributed by atoms with E-state index in [1.54, 1.807) is 4.90 Å². The monoisotopic (exact) mass is 186 g/mol. The van der Waals surface area contributed by atoms with E-state index in [1.807, 2.05) is 14.0 Å². The lowest BCUT2D eigenvalue weighted by Crippen LogP contribution is -2.54. The molecule has 0 aliphatic carbocycles. The van der Waals surface area contributed by atoms with Gasteiger partial charge in [0.1, 0.15) is 6.10 Å². The topological polar surface area (TPSA) is 43.8 Å². The minimum absolute atomic E-state index is 0.152. The van der Waals surface area contributed by atoms with Crippen molar-refractivity contribution in [3.05, 3.63) is 0 Å². The number of piperazine rings is 1. The van der Waals surface area contributed by atoms with E-state index in [0.717, 1.165) is 19.6 Å². The molecule has 0 unspecified atom stereocenters. The molecule has 0 aromatic carbocycles. The van der Waals surface area contributed by atoms with Crippen molar-refractivity contribution in [2.24, 2.45) is 0 Å². The Bertz CT molecular complexity index is 194. The van der Waals surface area contributed by atoms with Gasteiger partial charge in [-0.3, -0.25) is 4.79 Å². The van der Waals surface area contributed by atoms with Crippen molar-refractivity contribution in [3.63, 3.8) is 0 Å². The van der Waals surface area contributed by atoms with Gasteiger partial charge in [0.25, 0.3) is 5.91 Å². The van der Waals surface area contributed by atoms with Crippen LogP contribution in [0.1, 0.15) is 13.8 Å². The summed E-state index contributed by atoms with van der Waals surface area (Å²) in [5.41, 5.74) is 0. The number of hydrogen-bond acceptors (Lipinski definition) is 3. The lowest BCUT2D eigenvalue weighted by Gasteiger charge is -2.38. The average Bonchev–Trinajstić information content (AvgIpc) is 2.03. The molecule has 1 heterocycles. The molecule has 2 atom stereocenters. The van der Waals surface area contributed by atoms with Crippen LogP contribution in [0.2, 0.25) is 0 Å². The molecule has 4 nitrogen and oxygen atoms in total. The summed E-state index contributed by atoms with van der Waals surface area (Å²) in [6.07, 6.45) is -0.870. The van der Waals surface area contributed by atoms with Crippen molar-refractivity contribution in [2.75, 3.05) is 26.7 Å². The third kappa shape index (κ3) is 2.42. The minimum Gasteiger partial charge on any atom is -0.384 e. The van der Waals surface area contributed by atoms with E-state index in [0.29, 0.717) is 0 Å². The van der Waals surface area contributed by atoms with Crippen molar-refractivity contribution in [1.82, 2.24) is 9.80 Å². The molecule has 1 N–H and O–H groups in total. The molecule has 0 radical (unpaired) electrons. The van der Waals surface area contributed by atoms with E-state index < -0.39 is 6.10 Å². The van der Waals surface area contributed by atoms with Crippen LogP contribution >= 0.6 is 0 Å². The first kappa shape index (κ1) is 10.5. The first-order chi connectivity index (χ1) is 6.02. The zero-order valence-electron chi connectivity index (χ0n) is 8.53. The van der Waals surface area contributed by atoms with Gasteiger partial charge in [0.15, 0.2) is 0 Å². The molecule has 1 amide bonds. The van der Waals surface area contributed by atoms with Gasteiger partial charge in [-0.15, -0.1) is 0 Å². The fourth-order valence-electron chi connectivity index (χ4n) is 1.71. The summed E-state index contributed by atoms with van der Waals surface area (Å²) in [6.45, 7) is 6.03. The maximum atomic E-state index is 11.5. The summed E-state index contributed by atoms with van der Waals surface area (Å²) in [7, 11) is 2.04. The highest BCUT2D eigenvalue weighted by Crippen LogP contribution is 2.09. The summed E-state index contributed by atoms with van der Waals surface area (Å²) in [6, 6.07) is 0.209. The van der Waals surface area contributed by atoms with E-state index in [4.69, 9.17) is 5.11 Å². The smallest absolute Gasteiger partial charge is 0.251 e. The van der Waals surface area contributed by atoms with Crippen molar-refractivity contribution in [1.29, 1.82) is 0 Å². The van der Waals surface area contributed by atoms with Gasteiger partial charge in [0, 0.05) is 25.7 Å². The summed E-state index contributed by atoms with van der Waals surface area (Å²) in [5.74, 6) is -0.152. The van der Waals surface area contributed by atoms with Crippen LogP contribution in [0, 0.1) is 0 Å². The van der Waals surface area contributed by atoms with Crippen LogP contribution in [0.5, 0.6) is 0 Å². The first-order valence-corrected chi connectivity index (χ1v) is 4.69. The molecule has 1 aliphatic rings. The molecule has 1 aliphatic heterocycles. The highest BCUT2D eigenvalue weighted by atomic mass is 16.3. The Morgan fingerprint density at radius 2 is 2.15 bits per heavy atom. The van der Waals surface area contributed by atoms with Gasteiger partial charge in [-0.05, 0) is 20.9 Å². The van der Waals surface area contributed by atoms with Gasteiger partial charge in [-0.2, -0.15) is 0 Å². The predicted octanol–water partition coefficient (Wildman–Crippen LogP) is -0.470. The van der Waals surface area contributed by atoms with Crippen molar-refractivity contribution < 1.29 is 9.90 Å². The Morgan fingerprint density at radius 1 is 1.54 bits per heavy atom. The maximum Gasteiger partial charge on any atom is 0.251 e. The van der Waals surface area contributed by atoms with E-state index in [1.165, 1.54) is 6.92 Å². The zero-order valence-corrected chi connectivity index (χ0v) is 8.53. The molecule has 0 aromatic heterocycles. The average molecular weight is 186 g/mol. The molecular formula is C9H18N2O2. The van der Waals surface area contributed by atoms with Crippen LogP contribution in [-0.4, -0.2) is 59.6 Å². The van der Waals surface area contributed by atoms with E-state index >= 15 is 0 Å². The number of aliphatic hydroxyl groups is 1. The normalized spacial score (nSPS) is 27.4. The number of rotatable bonds is 1. The van der Waals surface area contributed by atoms with E-state index in [9.17, 15) is 4.79 Å². The van der Waals surface area contributed by atoms with Gasteiger partial charge in [-0.1, -0.05) is 0 Å². The molecule has 1 saturated heterocycles. The lowest BCUT2D eigenvalue weighted by atomic mass is 10.2. The van der Waals surface area contributed by atoms with Gasteiger partial charge in [0.05, 0.1) is 0 Å². The van der Waals surface area contributed by atoms with Crippen LogP contribution in [0.15, 0.2) is 0 Å². The fourth-order valence-corrected chi connectivity index (χ4v) is 1.71. The highest BCUT2D eigenvalue weighted by Gasteiger charge is 2.27. The van der Waals surface area contributed by atoms with Gasteiger partial charge in [0.2, 0.25) is 0 Å². The Morgan fingerprint density at radius 3 is 2.62 bits per heavy atom. The van der Waals surface area contributed by atoms with Gasteiger partial charge in [-0.25, -0.2) is 0 Å².